The summed E-state index contributed by atoms with van der Waals surface area (Å²) in [6.07, 6.45) is 21.6. The van der Waals surface area contributed by atoms with Gasteiger partial charge in [0.2, 0.25) is 0 Å². The fourth-order valence-corrected chi connectivity index (χ4v) is 16.5. The molecular formula is C54H92O8. The van der Waals surface area contributed by atoms with E-state index in [1.165, 1.54) is 64.2 Å². The molecule has 0 aromatic heterocycles. The fourth-order valence-electron chi connectivity index (χ4n) is 16.5. The zero-order valence-electron chi connectivity index (χ0n) is 40.8. The van der Waals surface area contributed by atoms with E-state index in [9.17, 15) is 19.8 Å². The van der Waals surface area contributed by atoms with Gasteiger partial charge >= 0.3 is 11.9 Å². The van der Waals surface area contributed by atoms with Crippen LogP contribution in [-0.4, -0.2) is 74.0 Å². The maximum Gasteiger partial charge on any atom is 0.312 e. The van der Waals surface area contributed by atoms with Gasteiger partial charge < -0.3 is 29.2 Å². The van der Waals surface area contributed by atoms with E-state index in [0.717, 1.165) is 99.7 Å². The SMILES string of the molecule is CC(C)C1CCC2C(CCC3C(C)(C(=O)OCC(O)COCC4CCC(COCC(O)COC(=O)C5(C)CCCC6(C)C7CCC(C(C)C)CC7CCC56)CC4)CCCC23C)C1. The van der Waals surface area contributed by atoms with Gasteiger partial charge in [0.05, 0.1) is 24.0 Å². The standard InChI is InChI=1S/C54H92O8/c1-35(2)39-15-19-45-41(27-39)17-21-47-51(45,5)23-9-25-53(47,7)49(57)61-33-43(55)31-59-29-37-11-13-38(14-12-37)30-60-32-44(56)34-62-50(58)54(8)26-10-24-52(6)46-20-16-40(36(3)4)28-42(46)18-22-48(52)54/h35-48,55-56H,9-34H2,1-8H3. The third kappa shape index (κ3) is 10.2. The molecule has 356 valence electrons. The maximum atomic E-state index is 13.8. The average molecular weight is 869 g/mol. The molecule has 0 spiro atoms. The van der Waals surface area contributed by atoms with Crippen molar-refractivity contribution in [2.75, 3.05) is 39.6 Å². The molecule has 0 heterocycles. The first-order chi connectivity index (χ1) is 29.5. The van der Waals surface area contributed by atoms with Crippen LogP contribution in [0.3, 0.4) is 0 Å². The van der Waals surface area contributed by atoms with Crippen LogP contribution in [0.5, 0.6) is 0 Å². The van der Waals surface area contributed by atoms with Gasteiger partial charge in [-0.25, -0.2) is 0 Å². The highest BCUT2D eigenvalue weighted by atomic mass is 16.6. The van der Waals surface area contributed by atoms with Gasteiger partial charge in [0, 0.05) is 13.2 Å². The predicted molar refractivity (Wildman–Crippen MR) is 245 cm³/mol. The second kappa shape index (κ2) is 20.3. The van der Waals surface area contributed by atoms with E-state index >= 15 is 0 Å². The minimum absolute atomic E-state index is 0.00577. The molecule has 14 unspecified atom stereocenters. The molecule has 14 atom stereocenters. The zero-order valence-corrected chi connectivity index (χ0v) is 40.8. The number of aliphatic hydroxyl groups is 2. The number of fused-ring (bicyclic) bond motifs is 6. The molecule has 7 rings (SSSR count). The van der Waals surface area contributed by atoms with Crippen molar-refractivity contribution < 1.29 is 38.7 Å². The van der Waals surface area contributed by atoms with Crippen LogP contribution >= 0.6 is 0 Å². The molecule has 8 heteroatoms. The quantitative estimate of drug-likeness (QED) is 0.148. The Morgan fingerprint density at radius 3 is 1.27 bits per heavy atom. The van der Waals surface area contributed by atoms with Crippen molar-refractivity contribution in [2.45, 2.75) is 196 Å². The first kappa shape index (κ1) is 48.7. The number of ether oxygens (including phenoxy) is 4. The van der Waals surface area contributed by atoms with E-state index in [2.05, 4.69) is 55.4 Å². The third-order valence-corrected chi connectivity index (χ3v) is 20.3. The van der Waals surface area contributed by atoms with Gasteiger partial charge in [-0.05, 0) is 211 Å². The number of hydrogen-bond donors (Lipinski definition) is 2. The lowest BCUT2D eigenvalue weighted by Gasteiger charge is -2.61. The summed E-state index contributed by atoms with van der Waals surface area (Å²) in [5, 5.41) is 21.6. The van der Waals surface area contributed by atoms with E-state index in [4.69, 9.17) is 18.9 Å². The molecule has 2 N–H and O–H groups in total. The Balaban J connectivity index is 0.755. The Kier molecular flexibility index (Phi) is 16.0. The minimum Gasteiger partial charge on any atom is -0.462 e. The molecule has 0 aromatic carbocycles. The van der Waals surface area contributed by atoms with Crippen LogP contribution in [0.15, 0.2) is 0 Å². The summed E-state index contributed by atoms with van der Waals surface area (Å²) in [6.45, 7) is 20.4. The van der Waals surface area contributed by atoms with Crippen LogP contribution in [0.25, 0.3) is 0 Å². The van der Waals surface area contributed by atoms with Crippen LogP contribution in [0.1, 0.15) is 184 Å². The molecule has 0 aliphatic heterocycles. The monoisotopic (exact) mass is 869 g/mol. The van der Waals surface area contributed by atoms with E-state index < -0.39 is 23.0 Å². The Labute approximate surface area is 377 Å². The van der Waals surface area contributed by atoms with Gasteiger partial charge in [0.1, 0.15) is 25.4 Å². The van der Waals surface area contributed by atoms with Crippen LogP contribution in [0, 0.1) is 92.7 Å². The van der Waals surface area contributed by atoms with Gasteiger partial charge in [-0.1, -0.05) is 54.4 Å². The lowest BCUT2D eigenvalue weighted by molar-refractivity contribution is -0.182. The topological polar surface area (TPSA) is 112 Å². The zero-order chi connectivity index (χ0) is 44.5. The van der Waals surface area contributed by atoms with Crippen LogP contribution in [0.4, 0.5) is 0 Å². The third-order valence-electron chi connectivity index (χ3n) is 20.3. The van der Waals surface area contributed by atoms with Crippen molar-refractivity contribution in [2.24, 2.45) is 92.7 Å². The largest absolute Gasteiger partial charge is 0.462 e. The first-order valence-electron chi connectivity index (χ1n) is 26.3. The summed E-state index contributed by atoms with van der Waals surface area (Å²) in [5.74, 6) is 7.57. The highest BCUT2D eigenvalue weighted by Crippen LogP contribution is 2.66. The summed E-state index contributed by atoms with van der Waals surface area (Å²) in [6, 6.07) is 0. The summed E-state index contributed by atoms with van der Waals surface area (Å²) in [5.41, 5.74) is -0.571. The van der Waals surface area contributed by atoms with Gasteiger partial charge in [0.15, 0.2) is 0 Å². The molecule has 7 aliphatic rings. The molecule has 0 saturated heterocycles. The van der Waals surface area contributed by atoms with E-state index in [-0.39, 0.29) is 49.2 Å². The summed E-state index contributed by atoms with van der Waals surface area (Å²) >= 11 is 0. The summed E-state index contributed by atoms with van der Waals surface area (Å²) in [7, 11) is 0. The number of esters is 2. The van der Waals surface area contributed by atoms with Crippen molar-refractivity contribution in [3.63, 3.8) is 0 Å². The van der Waals surface area contributed by atoms with Gasteiger partial charge in [-0.15, -0.1) is 0 Å². The van der Waals surface area contributed by atoms with E-state index in [0.29, 0.717) is 48.7 Å². The van der Waals surface area contributed by atoms with Crippen LogP contribution in [-0.2, 0) is 28.5 Å². The number of hydrogen-bond acceptors (Lipinski definition) is 8. The average Bonchev–Trinajstić information content (AvgIpc) is 3.24. The van der Waals surface area contributed by atoms with E-state index in [1.54, 1.807) is 0 Å². The van der Waals surface area contributed by atoms with Gasteiger partial charge in [0.25, 0.3) is 0 Å². The smallest absolute Gasteiger partial charge is 0.312 e. The fraction of sp³-hybridized carbons (Fsp3) is 0.963. The van der Waals surface area contributed by atoms with Crippen LogP contribution < -0.4 is 0 Å². The van der Waals surface area contributed by atoms with Crippen molar-refractivity contribution in [3.8, 4) is 0 Å². The second-order valence-electron chi connectivity index (χ2n) is 24.6. The molecule has 62 heavy (non-hydrogen) atoms. The van der Waals surface area contributed by atoms with Gasteiger partial charge in [-0.2, -0.15) is 0 Å². The summed E-state index contributed by atoms with van der Waals surface area (Å²) < 4.78 is 23.8. The number of carbonyl (C=O) groups is 2. The number of rotatable bonds is 16. The van der Waals surface area contributed by atoms with Crippen molar-refractivity contribution in [3.05, 3.63) is 0 Å². The molecule has 0 bridgehead atoms. The Morgan fingerprint density at radius 1 is 0.516 bits per heavy atom. The highest BCUT2D eigenvalue weighted by Gasteiger charge is 2.61. The highest BCUT2D eigenvalue weighted by molar-refractivity contribution is 5.77. The normalized spacial score (nSPS) is 43.1. The predicted octanol–water partition coefficient (Wildman–Crippen LogP) is 11.2. The Hall–Kier alpha value is -1.22. The second-order valence-corrected chi connectivity index (χ2v) is 24.6. The summed E-state index contributed by atoms with van der Waals surface area (Å²) in [4.78, 5) is 27.6. The molecule has 0 amide bonds. The van der Waals surface area contributed by atoms with Gasteiger partial charge in [-0.3, -0.25) is 9.59 Å². The van der Waals surface area contributed by atoms with Crippen LogP contribution in [0.2, 0.25) is 0 Å². The lowest BCUT2D eigenvalue weighted by atomic mass is 9.43. The van der Waals surface area contributed by atoms with Crippen molar-refractivity contribution in [1.29, 1.82) is 0 Å². The maximum absolute atomic E-state index is 13.8. The lowest BCUT2D eigenvalue weighted by Crippen LogP contribution is -2.56. The van der Waals surface area contributed by atoms with Crippen molar-refractivity contribution >= 4 is 11.9 Å². The Morgan fingerprint density at radius 2 is 0.903 bits per heavy atom. The number of carbonyl (C=O) groups excluding carboxylic acids is 2. The number of aliphatic hydroxyl groups excluding tert-OH is 2. The molecule has 7 fully saturated rings. The molecule has 0 radical (unpaired) electrons. The van der Waals surface area contributed by atoms with Crippen molar-refractivity contribution in [1.82, 2.24) is 0 Å². The minimum atomic E-state index is -0.824. The molecule has 7 saturated carbocycles. The molecule has 7 aliphatic carbocycles. The molecule has 0 aromatic rings. The first-order valence-corrected chi connectivity index (χ1v) is 26.3. The molecular weight excluding hydrogens is 777 g/mol. The Bertz CT molecular complexity index is 1370. The molecule has 8 nitrogen and oxygen atoms in total. The van der Waals surface area contributed by atoms with E-state index in [1.807, 2.05) is 0 Å².